The average Bonchev–Trinajstić information content (AvgIpc) is 3.37. The Kier molecular flexibility index (Phi) is 3.86. The van der Waals surface area contributed by atoms with Gasteiger partial charge in [0.2, 0.25) is 0 Å². The van der Waals surface area contributed by atoms with E-state index >= 15 is 0 Å². The van der Waals surface area contributed by atoms with Crippen LogP contribution in [-0.4, -0.2) is 37.1 Å². The molecule has 2 atom stereocenters. The van der Waals surface area contributed by atoms with Crippen LogP contribution in [0.3, 0.4) is 0 Å². The molecule has 23 heavy (non-hydrogen) atoms. The molecule has 2 aliphatic rings. The second kappa shape index (κ2) is 6.01. The van der Waals surface area contributed by atoms with Gasteiger partial charge in [-0.1, -0.05) is 48.0 Å². The van der Waals surface area contributed by atoms with Crippen LogP contribution in [0.2, 0.25) is 0 Å². The zero-order valence-corrected chi connectivity index (χ0v) is 14.2. The lowest BCUT2D eigenvalue weighted by molar-refractivity contribution is 0.244. The molecule has 1 heterocycles. The average molecular weight is 306 g/mol. The van der Waals surface area contributed by atoms with Gasteiger partial charge in [-0.25, -0.2) is 0 Å². The lowest BCUT2D eigenvalue weighted by atomic mass is 10.1. The van der Waals surface area contributed by atoms with Crippen molar-refractivity contribution in [3.63, 3.8) is 0 Å². The summed E-state index contributed by atoms with van der Waals surface area (Å²) in [5, 5.41) is 0. The molecule has 0 bridgehead atoms. The lowest BCUT2D eigenvalue weighted by Crippen LogP contribution is -2.47. The topological polar surface area (TPSA) is 6.48 Å². The van der Waals surface area contributed by atoms with Gasteiger partial charge >= 0.3 is 0 Å². The van der Waals surface area contributed by atoms with Gasteiger partial charge in [-0.2, -0.15) is 0 Å². The third-order valence-electron chi connectivity index (χ3n) is 5.46. The molecule has 1 aliphatic heterocycles. The minimum absolute atomic E-state index is 0.767. The smallest absolute Gasteiger partial charge is 0.0396 e. The van der Waals surface area contributed by atoms with Crippen molar-refractivity contribution in [3.8, 4) is 0 Å². The van der Waals surface area contributed by atoms with Gasteiger partial charge in [0.25, 0.3) is 0 Å². The van der Waals surface area contributed by atoms with Gasteiger partial charge in [0.15, 0.2) is 0 Å². The van der Waals surface area contributed by atoms with Crippen LogP contribution in [0, 0.1) is 13.8 Å². The first-order valence-electron chi connectivity index (χ1n) is 8.83. The van der Waals surface area contributed by atoms with E-state index in [9.17, 15) is 0 Å². The summed E-state index contributed by atoms with van der Waals surface area (Å²) in [4.78, 5) is 5.27. The normalized spacial score (nSPS) is 24.7. The Balaban J connectivity index is 1.37. The van der Waals surface area contributed by atoms with Crippen molar-refractivity contribution >= 4 is 5.69 Å². The second-order valence-corrected chi connectivity index (χ2v) is 7.13. The second-order valence-electron chi connectivity index (χ2n) is 7.13. The van der Waals surface area contributed by atoms with Crippen LogP contribution < -0.4 is 4.90 Å². The van der Waals surface area contributed by atoms with Gasteiger partial charge in [0, 0.05) is 43.8 Å². The Labute approximate surface area is 139 Å². The highest BCUT2D eigenvalue weighted by Crippen LogP contribution is 2.44. The van der Waals surface area contributed by atoms with Crippen LogP contribution in [0.25, 0.3) is 0 Å². The van der Waals surface area contributed by atoms with Crippen LogP contribution in [0.4, 0.5) is 5.69 Å². The molecule has 120 valence electrons. The Hall–Kier alpha value is -1.80. The molecule has 2 heteroatoms. The number of hydrogen-bond acceptors (Lipinski definition) is 2. The quantitative estimate of drug-likeness (QED) is 0.846. The zero-order valence-electron chi connectivity index (χ0n) is 14.2. The summed E-state index contributed by atoms with van der Waals surface area (Å²) in [6.07, 6.45) is 1.34. The highest BCUT2D eigenvalue weighted by atomic mass is 15.3. The zero-order chi connectivity index (χ0) is 15.8. The summed E-state index contributed by atoms with van der Waals surface area (Å²) in [6, 6.07) is 18.6. The summed E-state index contributed by atoms with van der Waals surface area (Å²) >= 11 is 0. The van der Waals surface area contributed by atoms with E-state index in [1.165, 1.54) is 41.9 Å². The first-order valence-corrected chi connectivity index (χ1v) is 8.83. The molecule has 0 aromatic heterocycles. The van der Waals surface area contributed by atoms with Crippen LogP contribution in [0.15, 0.2) is 48.5 Å². The van der Waals surface area contributed by atoms with Gasteiger partial charge in [0.1, 0.15) is 0 Å². The maximum Gasteiger partial charge on any atom is 0.0396 e. The third kappa shape index (κ3) is 3.00. The molecule has 0 spiro atoms. The van der Waals surface area contributed by atoms with Gasteiger partial charge in [0.05, 0.1) is 0 Å². The first-order chi connectivity index (χ1) is 11.2. The van der Waals surface area contributed by atoms with E-state index in [0.717, 1.165) is 25.0 Å². The molecule has 0 N–H and O–H groups in total. The number of benzene rings is 2. The molecular weight excluding hydrogens is 280 g/mol. The summed E-state index contributed by atoms with van der Waals surface area (Å²) in [6.45, 7) is 9.11. The summed E-state index contributed by atoms with van der Waals surface area (Å²) in [5.74, 6) is 0.767. The number of piperazine rings is 1. The largest absolute Gasteiger partial charge is 0.369 e. The highest BCUT2D eigenvalue weighted by Gasteiger charge is 2.43. The standard InChI is InChI=1S/C21H26N2/c1-16-8-9-20(17(2)14-16)22-10-12-23(13-11-22)21-15-19(21)18-6-4-3-5-7-18/h3-9,14,19,21H,10-13,15H2,1-2H3/t19-,21-/m0/s1. The van der Waals surface area contributed by atoms with E-state index in [1.807, 2.05) is 0 Å². The Morgan fingerprint density at radius 2 is 1.61 bits per heavy atom. The molecule has 0 radical (unpaired) electrons. The van der Waals surface area contributed by atoms with Crippen molar-refractivity contribution in [1.29, 1.82) is 0 Å². The van der Waals surface area contributed by atoms with Crippen molar-refractivity contribution in [2.24, 2.45) is 0 Å². The fourth-order valence-electron chi connectivity index (χ4n) is 4.10. The van der Waals surface area contributed by atoms with Gasteiger partial charge < -0.3 is 4.90 Å². The number of anilines is 1. The van der Waals surface area contributed by atoms with Gasteiger partial charge in [-0.3, -0.25) is 4.90 Å². The van der Waals surface area contributed by atoms with Crippen LogP contribution in [0.1, 0.15) is 29.0 Å². The number of nitrogens with zero attached hydrogens (tertiary/aromatic N) is 2. The third-order valence-corrected chi connectivity index (χ3v) is 5.46. The molecule has 0 unspecified atom stereocenters. The molecule has 1 aliphatic carbocycles. The molecular formula is C21H26N2. The lowest BCUT2D eigenvalue weighted by Gasteiger charge is -2.37. The molecule has 2 aromatic rings. The molecule has 1 saturated carbocycles. The van der Waals surface area contributed by atoms with Crippen molar-refractivity contribution in [1.82, 2.24) is 4.90 Å². The van der Waals surface area contributed by atoms with E-state index in [4.69, 9.17) is 0 Å². The van der Waals surface area contributed by atoms with E-state index in [0.29, 0.717) is 0 Å². The summed E-state index contributed by atoms with van der Waals surface area (Å²) in [5.41, 5.74) is 5.71. The van der Waals surface area contributed by atoms with E-state index in [1.54, 1.807) is 0 Å². The molecule has 2 nitrogen and oxygen atoms in total. The minimum atomic E-state index is 0.767. The van der Waals surface area contributed by atoms with Crippen LogP contribution >= 0.6 is 0 Å². The molecule has 0 amide bonds. The summed E-state index contributed by atoms with van der Waals surface area (Å²) in [7, 11) is 0. The van der Waals surface area contributed by atoms with Crippen molar-refractivity contribution in [3.05, 3.63) is 65.2 Å². The first kappa shape index (κ1) is 14.8. The van der Waals surface area contributed by atoms with Crippen molar-refractivity contribution in [2.75, 3.05) is 31.1 Å². The predicted octanol–water partition coefficient (Wildman–Crippen LogP) is 3.98. The SMILES string of the molecule is Cc1ccc(N2CCN([C@H]3C[C@H]3c3ccccc3)CC2)c(C)c1. The van der Waals surface area contributed by atoms with Crippen molar-refractivity contribution in [2.45, 2.75) is 32.2 Å². The van der Waals surface area contributed by atoms with E-state index in [-0.39, 0.29) is 0 Å². The maximum absolute atomic E-state index is 2.71. The monoisotopic (exact) mass is 306 g/mol. The van der Waals surface area contributed by atoms with Crippen molar-refractivity contribution < 1.29 is 0 Å². The number of aryl methyl sites for hydroxylation is 2. The maximum atomic E-state index is 2.71. The number of hydrogen-bond donors (Lipinski definition) is 0. The Morgan fingerprint density at radius 3 is 2.30 bits per heavy atom. The molecule has 1 saturated heterocycles. The number of rotatable bonds is 3. The molecule has 2 fully saturated rings. The van der Waals surface area contributed by atoms with Crippen LogP contribution in [-0.2, 0) is 0 Å². The highest BCUT2D eigenvalue weighted by molar-refractivity contribution is 5.54. The van der Waals surface area contributed by atoms with E-state index in [2.05, 4.69) is 72.2 Å². The van der Waals surface area contributed by atoms with Gasteiger partial charge in [-0.05, 0) is 37.5 Å². The Bertz CT molecular complexity index is 671. The molecule has 4 rings (SSSR count). The Morgan fingerprint density at radius 1 is 0.870 bits per heavy atom. The fraction of sp³-hybridized carbons (Fsp3) is 0.429. The van der Waals surface area contributed by atoms with E-state index < -0.39 is 0 Å². The van der Waals surface area contributed by atoms with Crippen LogP contribution in [0.5, 0.6) is 0 Å². The van der Waals surface area contributed by atoms with Gasteiger partial charge in [-0.15, -0.1) is 0 Å². The predicted molar refractivity (Wildman–Crippen MR) is 97.3 cm³/mol. The fourth-order valence-corrected chi connectivity index (χ4v) is 4.10. The summed E-state index contributed by atoms with van der Waals surface area (Å²) < 4.78 is 0. The molecule has 2 aromatic carbocycles. The minimum Gasteiger partial charge on any atom is -0.369 e.